The molecule has 1 aliphatic heterocycles. The van der Waals surface area contributed by atoms with Crippen LogP contribution in [0.25, 0.3) is 0 Å². The molecule has 21 heavy (non-hydrogen) atoms. The lowest BCUT2D eigenvalue weighted by Gasteiger charge is -2.26. The van der Waals surface area contributed by atoms with Gasteiger partial charge in [-0.25, -0.2) is 4.79 Å². The summed E-state index contributed by atoms with van der Waals surface area (Å²) in [6, 6.07) is 0. The lowest BCUT2D eigenvalue weighted by atomic mass is 10.2. The Labute approximate surface area is 126 Å². The molecule has 1 aliphatic rings. The van der Waals surface area contributed by atoms with E-state index in [-0.39, 0.29) is 19.4 Å². The minimum Gasteiger partial charge on any atom is -0.443 e. The van der Waals surface area contributed by atoms with Gasteiger partial charge in [0, 0.05) is 0 Å². The Morgan fingerprint density at radius 1 is 1.29 bits per heavy atom. The SMILES string of the molecule is CCOP(=O)(CC1=NCCN1C(=O)OC(C)(C)C)OCC. The number of ether oxygens (including phenoxy) is 1. The summed E-state index contributed by atoms with van der Waals surface area (Å²) in [5, 5.41) is 0. The Hall–Kier alpha value is -0.910. The molecular weight excluding hydrogens is 295 g/mol. The van der Waals surface area contributed by atoms with Gasteiger partial charge in [-0.05, 0) is 34.6 Å². The summed E-state index contributed by atoms with van der Waals surface area (Å²) in [7, 11) is -3.28. The Bertz CT molecular complexity index is 434. The van der Waals surface area contributed by atoms with E-state index in [1.807, 2.05) is 0 Å². The van der Waals surface area contributed by atoms with Gasteiger partial charge in [-0.15, -0.1) is 0 Å². The second-order valence-corrected chi connectivity index (χ2v) is 7.59. The molecule has 8 heteroatoms. The first kappa shape index (κ1) is 18.1. The molecule has 0 fully saturated rings. The van der Waals surface area contributed by atoms with E-state index in [9.17, 15) is 9.36 Å². The average molecular weight is 320 g/mol. The predicted octanol–water partition coefficient (Wildman–Crippen LogP) is 2.90. The van der Waals surface area contributed by atoms with Crippen LogP contribution >= 0.6 is 7.60 Å². The highest BCUT2D eigenvalue weighted by Crippen LogP contribution is 2.48. The van der Waals surface area contributed by atoms with Crippen molar-refractivity contribution in [3.05, 3.63) is 0 Å². The first-order valence-electron chi connectivity index (χ1n) is 7.12. The maximum absolute atomic E-state index is 12.5. The third-order valence-electron chi connectivity index (χ3n) is 2.53. The molecule has 7 nitrogen and oxygen atoms in total. The summed E-state index contributed by atoms with van der Waals surface area (Å²) in [5.41, 5.74) is -0.589. The van der Waals surface area contributed by atoms with Crippen molar-refractivity contribution in [2.45, 2.75) is 40.2 Å². The Balaban J connectivity index is 2.77. The molecule has 0 unspecified atom stereocenters. The topological polar surface area (TPSA) is 77.4 Å². The molecular formula is C13H25N2O5P. The highest BCUT2D eigenvalue weighted by Gasteiger charge is 2.34. The van der Waals surface area contributed by atoms with Crippen LogP contribution < -0.4 is 0 Å². The summed E-state index contributed by atoms with van der Waals surface area (Å²) < 4.78 is 28.3. The molecule has 0 aromatic heterocycles. The zero-order valence-electron chi connectivity index (χ0n) is 13.4. The fourth-order valence-corrected chi connectivity index (χ4v) is 3.50. The molecule has 1 heterocycles. The number of nitrogens with zero attached hydrogens (tertiary/aromatic N) is 2. The van der Waals surface area contributed by atoms with Gasteiger partial charge in [-0.2, -0.15) is 0 Å². The number of carbonyl (C=O) groups excluding carboxylic acids is 1. The molecule has 0 atom stereocenters. The van der Waals surface area contributed by atoms with E-state index in [1.165, 1.54) is 4.90 Å². The van der Waals surface area contributed by atoms with Gasteiger partial charge in [0.25, 0.3) is 0 Å². The number of carbonyl (C=O) groups is 1. The standard InChI is InChI=1S/C13H25N2O5P/c1-6-18-21(17,19-7-2)10-11-14-8-9-15(11)12(16)20-13(3,4)5/h6-10H2,1-5H3. The smallest absolute Gasteiger partial charge is 0.415 e. The van der Waals surface area contributed by atoms with Crippen molar-refractivity contribution in [3.8, 4) is 0 Å². The predicted molar refractivity (Wildman–Crippen MR) is 81.0 cm³/mol. The van der Waals surface area contributed by atoms with Crippen LogP contribution in [0.4, 0.5) is 4.79 Å². The zero-order chi connectivity index (χ0) is 16.1. The van der Waals surface area contributed by atoms with E-state index in [0.717, 1.165) is 0 Å². The van der Waals surface area contributed by atoms with Crippen LogP contribution in [0.3, 0.4) is 0 Å². The van der Waals surface area contributed by atoms with Crippen molar-refractivity contribution < 1.29 is 23.1 Å². The van der Waals surface area contributed by atoms with Crippen LogP contribution in [-0.4, -0.2) is 54.9 Å². The monoisotopic (exact) mass is 320 g/mol. The van der Waals surface area contributed by atoms with Gasteiger partial charge in [-0.3, -0.25) is 14.5 Å². The minimum absolute atomic E-state index is 0.0199. The van der Waals surface area contributed by atoms with Crippen LogP contribution in [0.15, 0.2) is 4.99 Å². The summed E-state index contributed by atoms with van der Waals surface area (Å²) in [5.74, 6) is 0.398. The van der Waals surface area contributed by atoms with E-state index in [4.69, 9.17) is 13.8 Å². The van der Waals surface area contributed by atoms with Crippen molar-refractivity contribution in [2.75, 3.05) is 32.5 Å². The van der Waals surface area contributed by atoms with Crippen molar-refractivity contribution in [1.29, 1.82) is 0 Å². The van der Waals surface area contributed by atoms with Crippen LogP contribution in [0.2, 0.25) is 0 Å². The molecule has 1 rings (SSSR count). The lowest BCUT2D eigenvalue weighted by molar-refractivity contribution is 0.0383. The maximum atomic E-state index is 12.5. The fraction of sp³-hybridized carbons (Fsp3) is 0.846. The number of amidine groups is 1. The van der Waals surface area contributed by atoms with Crippen molar-refractivity contribution >= 4 is 19.5 Å². The Morgan fingerprint density at radius 2 is 1.86 bits per heavy atom. The zero-order valence-corrected chi connectivity index (χ0v) is 14.3. The summed E-state index contributed by atoms with van der Waals surface area (Å²) in [4.78, 5) is 17.8. The molecule has 0 aromatic carbocycles. The molecule has 0 saturated carbocycles. The van der Waals surface area contributed by atoms with Crippen molar-refractivity contribution in [3.63, 3.8) is 0 Å². The Morgan fingerprint density at radius 3 is 2.33 bits per heavy atom. The number of aliphatic imine (C=N–C) groups is 1. The van der Waals surface area contributed by atoms with E-state index in [2.05, 4.69) is 4.99 Å². The number of rotatable bonds is 6. The third-order valence-corrected chi connectivity index (χ3v) is 4.50. The molecule has 122 valence electrons. The highest BCUT2D eigenvalue weighted by molar-refractivity contribution is 7.54. The Kier molecular flexibility index (Phi) is 6.38. The molecule has 0 bridgehead atoms. The summed E-state index contributed by atoms with van der Waals surface area (Å²) in [6.45, 7) is 10.3. The first-order chi connectivity index (χ1) is 9.71. The van der Waals surface area contributed by atoms with Gasteiger partial charge in [0.05, 0.1) is 26.3 Å². The van der Waals surface area contributed by atoms with E-state index in [0.29, 0.717) is 18.9 Å². The maximum Gasteiger partial charge on any atom is 0.415 e. The summed E-state index contributed by atoms with van der Waals surface area (Å²) >= 11 is 0. The van der Waals surface area contributed by atoms with E-state index in [1.54, 1.807) is 34.6 Å². The molecule has 0 spiro atoms. The van der Waals surface area contributed by atoms with Crippen molar-refractivity contribution in [1.82, 2.24) is 4.90 Å². The second kappa shape index (κ2) is 7.38. The second-order valence-electron chi connectivity index (χ2n) is 5.53. The quantitative estimate of drug-likeness (QED) is 0.703. The molecule has 0 saturated heterocycles. The fourth-order valence-electron chi connectivity index (χ4n) is 1.84. The number of hydrogen-bond donors (Lipinski definition) is 0. The number of hydrogen-bond acceptors (Lipinski definition) is 6. The molecule has 0 aromatic rings. The molecule has 0 N–H and O–H groups in total. The minimum atomic E-state index is -3.28. The van der Waals surface area contributed by atoms with Crippen molar-refractivity contribution in [2.24, 2.45) is 4.99 Å². The molecule has 0 radical (unpaired) electrons. The van der Waals surface area contributed by atoms with Gasteiger partial charge in [-0.1, -0.05) is 0 Å². The first-order valence-corrected chi connectivity index (χ1v) is 8.85. The van der Waals surface area contributed by atoms with Gasteiger partial charge in [0.2, 0.25) is 0 Å². The van der Waals surface area contributed by atoms with Crippen LogP contribution in [0.1, 0.15) is 34.6 Å². The van der Waals surface area contributed by atoms with Gasteiger partial charge in [0.15, 0.2) is 0 Å². The highest BCUT2D eigenvalue weighted by atomic mass is 31.2. The molecule has 1 amide bonds. The largest absolute Gasteiger partial charge is 0.443 e. The molecule has 0 aliphatic carbocycles. The van der Waals surface area contributed by atoms with Crippen LogP contribution in [-0.2, 0) is 18.3 Å². The lowest BCUT2D eigenvalue weighted by Crippen LogP contribution is -2.40. The van der Waals surface area contributed by atoms with E-state index < -0.39 is 19.3 Å². The summed E-state index contributed by atoms with van der Waals surface area (Å²) in [6.07, 6.45) is -0.508. The third kappa shape index (κ3) is 5.77. The number of amides is 1. The van der Waals surface area contributed by atoms with Gasteiger partial charge < -0.3 is 13.8 Å². The normalized spacial score (nSPS) is 16.0. The van der Waals surface area contributed by atoms with Gasteiger partial charge in [0.1, 0.15) is 17.6 Å². The average Bonchev–Trinajstić information content (AvgIpc) is 2.74. The van der Waals surface area contributed by atoms with E-state index >= 15 is 0 Å². The van der Waals surface area contributed by atoms with Crippen LogP contribution in [0, 0.1) is 0 Å². The van der Waals surface area contributed by atoms with Crippen LogP contribution in [0.5, 0.6) is 0 Å². The van der Waals surface area contributed by atoms with Gasteiger partial charge >= 0.3 is 13.7 Å².